The van der Waals surface area contributed by atoms with Crippen molar-refractivity contribution in [2.75, 3.05) is 0 Å². The zero-order valence-corrected chi connectivity index (χ0v) is 13.8. The van der Waals surface area contributed by atoms with E-state index in [0.29, 0.717) is 5.56 Å². The molecule has 2 aromatic rings. The van der Waals surface area contributed by atoms with Crippen molar-refractivity contribution in [3.8, 4) is 5.75 Å². The molecule has 100 valence electrons. The normalized spacial score (nSPS) is 10.8. The summed E-state index contributed by atoms with van der Waals surface area (Å²) in [6.07, 6.45) is 2.43. The van der Waals surface area contributed by atoms with Crippen LogP contribution in [0.1, 0.15) is 5.56 Å². The van der Waals surface area contributed by atoms with Crippen LogP contribution in [0.4, 0.5) is 17.3 Å². The summed E-state index contributed by atoms with van der Waals surface area (Å²) in [5, 5.41) is 0. The van der Waals surface area contributed by atoms with Gasteiger partial charge in [-0.05, 0) is 18.2 Å². The van der Waals surface area contributed by atoms with Crippen molar-refractivity contribution >= 4 is 12.4 Å². The zero-order valence-electron chi connectivity index (χ0n) is 10.7. The Morgan fingerprint density at radius 1 is 1.10 bits per heavy atom. The Balaban J connectivity index is 0.00000200. The van der Waals surface area contributed by atoms with Gasteiger partial charge in [-0.2, -0.15) is 0 Å². The first-order valence-corrected chi connectivity index (χ1v) is 5.47. The molecule has 0 amide bonds. The molecule has 0 atom stereocenters. The Hall–Kier alpha value is -0.409. The van der Waals surface area contributed by atoms with Gasteiger partial charge in [0.05, 0.1) is 6.20 Å². The van der Waals surface area contributed by atoms with Gasteiger partial charge in [0.15, 0.2) is 0 Å². The van der Waals surface area contributed by atoms with Crippen LogP contribution in [0.5, 0.6) is 5.75 Å². The summed E-state index contributed by atoms with van der Waals surface area (Å²) in [6.45, 7) is -5.10. The molecule has 8 heteroatoms. The summed E-state index contributed by atoms with van der Waals surface area (Å²) < 4.78 is 55.6. The van der Waals surface area contributed by atoms with Crippen molar-refractivity contribution in [2.24, 2.45) is 0 Å². The average molecular weight is 309 g/mol. The molecular weight excluding hydrogens is 300 g/mol. The van der Waals surface area contributed by atoms with E-state index >= 15 is 0 Å². The van der Waals surface area contributed by atoms with Gasteiger partial charge in [-0.1, -0.05) is 12.1 Å². The smallest absolute Gasteiger partial charge is 0.489 e. The minimum Gasteiger partial charge on any atom is -0.489 e. The van der Waals surface area contributed by atoms with E-state index in [4.69, 9.17) is 4.74 Å². The van der Waals surface area contributed by atoms with Gasteiger partial charge in [0.1, 0.15) is 18.2 Å². The fourth-order valence-corrected chi connectivity index (χ4v) is 1.51. The molecule has 0 bridgehead atoms. The monoisotopic (exact) mass is 309 g/mol. The Labute approximate surface area is 156 Å². The molecule has 0 aliphatic rings. The summed E-state index contributed by atoms with van der Waals surface area (Å²) in [5.74, 6) is -0.436. The van der Waals surface area contributed by atoms with Crippen LogP contribution >= 0.6 is 0 Å². The van der Waals surface area contributed by atoms with Gasteiger partial charge in [0, 0.05) is 11.8 Å². The molecule has 0 spiro atoms. The van der Waals surface area contributed by atoms with Crippen LogP contribution in [0.15, 0.2) is 42.7 Å². The predicted molar refractivity (Wildman–Crippen MR) is 63.7 cm³/mol. The van der Waals surface area contributed by atoms with Crippen LogP contribution in [0.2, 0.25) is 0 Å². The average Bonchev–Trinajstić information content (AvgIpc) is 2.36. The maximum atomic E-state index is 12.8. The number of aromatic nitrogens is 1. The molecule has 2 rings (SSSR count). The van der Waals surface area contributed by atoms with E-state index < -0.39 is 18.3 Å². The Bertz CT molecular complexity index is 579. The van der Waals surface area contributed by atoms with E-state index in [0.717, 1.165) is 18.3 Å². The molecule has 0 aliphatic carbocycles. The topological polar surface area (TPSA) is 22.1 Å². The van der Waals surface area contributed by atoms with E-state index in [-0.39, 0.29) is 63.7 Å². The predicted octanol–water partition coefficient (Wildman–Crippen LogP) is -0.142. The van der Waals surface area contributed by atoms with E-state index in [2.05, 4.69) is 4.98 Å². The van der Waals surface area contributed by atoms with Gasteiger partial charge in [-0.25, -0.2) is 4.39 Å². The van der Waals surface area contributed by atoms with Gasteiger partial charge in [0.25, 0.3) is 0 Å². The summed E-state index contributed by atoms with van der Waals surface area (Å²) >= 11 is 0. The van der Waals surface area contributed by atoms with Gasteiger partial charge in [-0.15, -0.1) is 5.46 Å². The second kappa shape index (κ2) is 7.56. The largest absolute Gasteiger partial charge is 1.00 e. The van der Waals surface area contributed by atoms with Crippen LogP contribution in [0.25, 0.3) is 0 Å². The summed E-state index contributed by atoms with van der Waals surface area (Å²) in [6, 6.07) is 5.80. The minimum atomic E-state index is -5.05. The molecular formula is C12H9BF4KNO. The number of nitrogens with zero attached hydrogens (tertiary/aromatic N) is 1. The van der Waals surface area contributed by atoms with Crippen LogP contribution in [0.3, 0.4) is 0 Å². The molecule has 1 aromatic heterocycles. The van der Waals surface area contributed by atoms with Crippen LogP contribution in [-0.4, -0.2) is 12.0 Å². The van der Waals surface area contributed by atoms with Gasteiger partial charge in [0.2, 0.25) is 0 Å². The number of hydrogen-bond donors (Lipinski definition) is 0. The fraction of sp³-hybridized carbons (Fsp3) is 0.0833. The number of pyridine rings is 1. The fourth-order valence-electron chi connectivity index (χ4n) is 1.51. The molecule has 0 radical (unpaired) electrons. The van der Waals surface area contributed by atoms with E-state index in [1.807, 2.05) is 0 Å². The van der Waals surface area contributed by atoms with Crippen molar-refractivity contribution in [3.63, 3.8) is 0 Å². The third kappa shape index (κ3) is 5.17. The minimum absolute atomic E-state index is 0. The third-order valence-electron chi connectivity index (χ3n) is 2.40. The molecule has 2 nitrogen and oxygen atoms in total. The van der Waals surface area contributed by atoms with Crippen molar-refractivity contribution < 1.29 is 73.5 Å². The Kier molecular flexibility index (Phi) is 6.67. The number of halogens is 4. The van der Waals surface area contributed by atoms with E-state index in [9.17, 15) is 17.3 Å². The summed E-state index contributed by atoms with van der Waals surface area (Å²) in [7, 11) is 0. The number of rotatable bonds is 4. The SMILES string of the molecule is Fc1cncc(COc2cccc([B-](F)(F)F)c2)c1.[K+]. The number of ether oxygens (including phenoxy) is 1. The van der Waals surface area contributed by atoms with Crippen molar-refractivity contribution in [3.05, 3.63) is 54.1 Å². The van der Waals surface area contributed by atoms with Gasteiger partial charge >= 0.3 is 58.4 Å². The van der Waals surface area contributed by atoms with Crippen LogP contribution < -0.4 is 61.6 Å². The second-order valence-electron chi connectivity index (χ2n) is 3.95. The van der Waals surface area contributed by atoms with Crippen molar-refractivity contribution in [1.82, 2.24) is 4.98 Å². The molecule has 0 fully saturated rings. The van der Waals surface area contributed by atoms with Crippen LogP contribution in [0, 0.1) is 5.82 Å². The number of hydrogen-bond acceptors (Lipinski definition) is 2. The molecule has 1 aromatic carbocycles. The van der Waals surface area contributed by atoms with E-state index in [1.165, 1.54) is 24.4 Å². The number of benzene rings is 1. The van der Waals surface area contributed by atoms with Gasteiger partial charge in [-0.3, -0.25) is 4.98 Å². The van der Waals surface area contributed by atoms with E-state index in [1.54, 1.807) is 0 Å². The molecule has 0 saturated carbocycles. The standard InChI is InChI=1S/C12H9BF4NO.K/c14-11-4-9(6-18-7-11)8-19-12-3-1-2-10(5-12)13(15,16)17;/h1-7H,8H2;/q-1;+1. The molecule has 1 heterocycles. The van der Waals surface area contributed by atoms with Crippen molar-refractivity contribution in [2.45, 2.75) is 6.61 Å². The van der Waals surface area contributed by atoms with Crippen LogP contribution in [-0.2, 0) is 6.61 Å². The second-order valence-corrected chi connectivity index (χ2v) is 3.95. The first kappa shape index (κ1) is 17.6. The van der Waals surface area contributed by atoms with Crippen molar-refractivity contribution in [1.29, 1.82) is 0 Å². The molecule has 0 unspecified atom stereocenters. The van der Waals surface area contributed by atoms with Gasteiger partial charge < -0.3 is 17.7 Å². The summed E-state index contributed by atoms with van der Waals surface area (Å²) in [4.78, 5) is 3.62. The summed E-state index contributed by atoms with van der Waals surface area (Å²) in [5.41, 5.74) is -0.280. The maximum absolute atomic E-state index is 12.8. The Morgan fingerprint density at radius 2 is 1.85 bits per heavy atom. The first-order valence-electron chi connectivity index (χ1n) is 5.47. The first-order chi connectivity index (χ1) is 8.95. The molecule has 0 aliphatic heterocycles. The molecule has 0 N–H and O–H groups in total. The molecule has 0 saturated heterocycles. The quantitative estimate of drug-likeness (QED) is 0.579. The Morgan fingerprint density at radius 3 is 2.50 bits per heavy atom. The zero-order chi connectivity index (χ0) is 13.9. The third-order valence-corrected chi connectivity index (χ3v) is 2.40. The maximum Gasteiger partial charge on any atom is 1.00 e. The molecule has 20 heavy (non-hydrogen) atoms.